The number of carbonyl (C=O) groups excluding carboxylic acids is 1. The Kier molecular flexibility index (Phi) is 6.35. The molecule has 4 nitrogen and oxygen atoms in total. The molecular formula is C19H18Cl2N2O2S. The van der Waals surface area contributed by atoms with Gasteiger partial charge >= 0.3 is 0 Å². The molecule has 1 N–H and O–H groups in total. The number of furan rings is 1. The van der Waals surface area contributed by atoms with E-state index in [2.05, 4.69) is 10.3 Å². The number of carbonyl (C=O) groups is 1. The maximum Gasteiger partial charge on any atom is 0.226 e. The first-order chi connectivity index (χ1) is 12.5. The minimum absolute atomic E-state index is 0.0564. The monoisotopic (exact) mass is 408 g/mol. The van der Waals surface area contributed by atoms with Gasteiger partial charge in [-0.2, -0.15) is 0 Å². The number of aryl methyl sites for hydroxylation is 1. The number of rotatable bonds is 7. The molecule has 7 heteroatoms. The van der Waals surface area contributed by atoms with E-state index in [9.17, 15) is 4.79 Å². The van der Waals surface area contributed by atoms with Gasteiger partial charge in [0.15, 0.2) is 0 Å². The zero-order valence-corrected chi connectivity index (χ0v) is 16.5. The van der Waals surface area contributed by atoms with Crippen LogP contribution in [0.15, 0.2) is 46.4 Å². The quantitative estimate of drug-likeness (QED) is 0.569. The lowest BCUT2D eigenvalue weighted by molar-refractivity contribution is -0.121. The topological polar surface area (TPSA) is 55.1 Å². The highest BCUT2D eigenvalue weighted by atomic mass is 35.5. The van der Waals surface area contributed by atoms with Gasteiger partial charge in [0.05, 0.1) is 28.4 Å². The molecule has 3 rings (SSSR count). The summed E-state index contributed by atoms with van der Waals surface area (Å²) < 4.78 is 5.31. The van der Waals surface area contributed by atoms with Crippen molar-refractivity contribution < 1.29 is 9.21 Å². The third-order valence-corrected chi connectivity index (χ3v) is 5.42. The number of hydrogen-bond donors (Lipinski definition) is 1. The Morgan fingerprint density at radius 2 is 2.04 bits per heavy atom. The van der Waals surface area contributed by atoms with E-state index < -0.39 is 0 Å². The number of benzene rings is 1. The molecule has 136 valence electrons. The van der Waals surface area contributed by atoms with E-state index in [1.165, 1.54) is 11.3 Å². The zero-order valence-electron chi connectivity index (χ0n) is 14.2. The van der Waals surface area contributed by atoms with E-state index >= 15 is 0 Å². The van der Waals surface area contributed by atoms with Crippen molar-refractivity contribution in [3.05, 3.63) is 63.5 Å². The SMILES string of the molecule is C[C@H](CCc1ccco1)NC(=O)Cc1csc(-c2c(Cl)cccc2Cl)n1. The first kappa shape index (κ1) is 19.0. The fraction of sp³-hybridized carbons (Fsp3) is 0.263. The molecule has 0 aliphatic heterocycles. The molecule has 0 fully saturated rings. The van der Waals surface area contributed by atoms with Crippen molar-refractivity contribution in [3.8, 4) is 10.6 Å². The molecule has 1 aromatic carbocycles. The number of aromatic nitrogens is 1. The first-order valence-electron chi connectivity index (χ1n) is 8.23. The van der Waals surface area contributed by atoms with Gasteiger partial charge in [-0.25, -0.2) is 4.98 Å². The molecule has 2 aromatic heterocycles. The molecule has 2 heterocycles. The Labute approximate surface area is 166 Å². The first-order valence-corrected chi connectivity index (χ1v) is 9.87. The van der Waals surface area contributed by atoms with Gasteiger partial charge in [-0.05, 0) is 37.6 Å². The third kappa shape index (κ3) is 4.87. The maximum absolute atomic E-state index is 12.2. The van der Waals surface area contributed by atoms with Gasteiger partial charge in [0.1, 0.15) is 10.8 Å². The van der Waals surface area contributed by atoms with E-state index in [0.29, 0.717) is 26.3 Å². The van der Waals surface area contributed by atoms with Crippen molar-refractivity contribution in [3.63, 3.8) is 0 Å². The highest BCUT2D eigenvalue weighted by Crippen LogP contribution is 2.36. The van der Waals surface area contributed by atoms with E-state index in [1.807, 2.05) is 24.4 Å². The van der Waals surface area contributed by atoms with Gasteiger partial charge in [0.25, 0.3) is 0 Å². The number of thiazole rings is 1. The molecule has 26 heavy (non-hydrogen) atoms. The Hall–Kier alpha value is -1.82. The molecule has 0 saturated carbocycles. The van der Waals surface area contributed by atoms with E-state index in [1.54, 1.807) is 24.5 Å². The van der Waals surface area contributed by atoms with Crippen molar-refractivity contribution in [2.75, 3.05) is 0 Å². The predicted octanol–water partition coefficient (Wildman–Crippen LogP) is 5.39. The van der Waals surface area contributed by atoms with E-state index in [4.69, 9.17) is 27.6 Å². The molecule has 0 aliphatic carbocycles. The van der Waals surface area contributed by atoms with Crippen LogP contribution in [0.2, 0.25) is 10.0 Å². The summed E-state index contributed by atoms with van der Waals surface area (Å²) in [6, 6.07) is 9.20. The van der Waals surface area contributed by atoms with Crippen LogP contribution in [0.25, 0.3) is 10.6 Å². The summed E-state index contributed by atoms with van der Waals surface area (Å²) in [5, 5.41) is 6.68. The van der Waals surface area contributed by atoms with Crippen LogP contribution in [0.4, 0.5) is 0 Å². The molecule has 1 atom stereocenters. The largest absolute Gasteiger partial charge is 0.469 e. The van der Waals surface area contributed by atoms with Crippen LogP contribution in [-0.4, -0.2) is 16.9 Å². The van der Waals surface area contributed by atoms with Crippen molar-refractivity contribution >= 4 is 40.4 Å². The van der Waals surface area contributed by atoms with Gasteiger partial charge in [0, 0.05) is 23.4 Å². The Morgan fingerprint density at radius 1 is 1.27 bits per heavy atom. The van der Waals surface area contributed by atoms with E-state index in [-0.39, 0.29) is 18.4 Å². The van der Waals surface area contributed by atoms with Crippen molar-refractivity contribution in [2.24, 2.45) is 0 Å². The second kappa shape index (κ2) is 8.71. The lowest BCUT2D eigenvalue weighted by Gasteiger charge is -2.12. The number of halogens is 2. The second-order valence-electron chi connectivity index (χ2n) is 6.00. The highest BCUT2D eigenvalue weighted by molar-refractivity contribution is 7.13. The number of nitrogens with zero attached hydrogens (tertiary/aromatic N) is 1. The fourth-order valence-corrected chi connectivity index (χ4v) is 4.16. The number of nitrogens with one attached hydrogen (secondary N) is 1. The summed E-state index contributed by atoms with van der Waals surface area (Å²) in [4.78, 5) is 16.8. The van der Waals surface area contributed by atoms with Gasteiger partial charge < -0.3 is 9.73 Å². The number of amides is 1. The fourth-order valence-electron chi connectivity index (χ4n) is 2.58. The van der Waals surface area contributed by atoms with E-state index in [0.717, 1.165) is 18.6 Å². The van der Waals surface area contributed by atoms with Gasteiger partial charge in [-0.1, -0.05) is 29.3 Å². The lowest BCUT2D eigenvalue weighted by Crippen LogP contribution is -2.34. The molecule has 3 aromatic rings. The van der Waals surface area contributed by atoms with Crippen LogP contribution < -0.4 is 5.32 Å². The predicted molar refractivity (Wildman–Crippen MR) is 106 cm³/mol. The Morgan fingerprint density at radius 3 is 2.73 bits per heavy atom. The molecule has 0 bridgehead atoms. The van der Waals surface area contributed by atoms with Crippen molar-refractivity contribution in [1.82, 2.24) is 10.3 Å². The van der Waals surface area contributed by atoms with Gasteiger partial charge in [-0.3, -0.25) is 4.79 Å². The summed E-state index contributed by atoms with van der Waals surface area (Å²) >= 11 is 13.9. The molecule has 0 unspecified atom stereocenters. The molecular weight excluding hydrogens is 391 g/mol. The minimum atomic E-state index is -0.0564. The molecule has 1 amide bonds. The zero-order chi connectivity index (χ0) is 18.5. The Balaban J connectivity index is 1.56. The average Bonchev–Trinajstić information content (AvgIpc) is 3.25. The van der Waals surface area contributed by atoms with Crippen LogP contribution in [0.1, 0.15) is 24.8 Å². The minimum Gasteiger partial charge on any atom is -0.469 e. The molecule has 0 radical (unpaired) electrons. The van der Waals surface area contributed by atoms with Gasteiger partial charge in [-0.15, -0.1) is 11.3 Å². The lowest BCUT2D eigenvalue weighted by atomic mass is 10.1. The van der Waals surface area contributed by atoms with Crippen LogP contribution in [-0.2, 0) is 17.6 Å². The van der Waals surface area contributed by atoms with Crippen LogP contribution >= 0.6 is 34.5 Å². The Bertz CT molecular complexity index is 857. The molecule has 0 spiro atoms. The maximum atomic E-state index is 12.2. The standard InChI is InChI=1S/C19H18Cl2N2O2S/c1-12(7-8-14-4-3-9-25-14)22-17(24)10-13-11-26-19(23-13)18-15(20)5-2-6-16(18)21/h2-6,9,11-12H,7-8,10H2,1H3,(H,22,24)/t12-/m1/s1. The van der Waals surface area contributed by atoms with Crippen LogP contribution in [0, 0.1) is 0 Å². The summed E-state index contributed by atoms with van der Waals surface area (Å²) in [6.07, 6.45) is 3.49. The molecule has 0 aliphatic rings. The summed E-state index contributed by atoms with van der Waals surface area (Å²) in [7, 11) is 0. The van der Waals surface area contributed by atoms with Gasteiger partial charge in [0.2, 0.25) is 5.91 Å². The van der Waals surface area contributed by atoms with Crippen LogP contribution in [0.5, 0.6) is 0 Å². The smallest absolute Gasteiger partial charge is 0.226 e. The molecule has 0 saturated heterocycles. The van der Waals surface area contributed by atoms with Crippen molar-refractivity contribution in [2.45, 2.75) is 32.2 Å². The summed E-state index contributed by atoms with van der Waals surface area (Å²) in [5.41, 5.74) is 1.41. The summed E-state index contributed by atoms with van der Waals surface area (Å²) in [6.45, 7) is 1.98. The number of hydrogen-bond acceptors (Lipinski definition) is 4. The third-order valence-electron chi connectivity index (χ3n) is 3.88. The second-order valence-corrected chi connectivity index (χ2v) is 7.68. The average molecular weight is 409 g/mol. The van der Waals surface area contributed by atoms with Crippen LogP contribution in [0.3, 0.4) is 0 Å². The van der Waals surface area contributed by atoms with Crippen molar-refractivity contribution in [1.29, 1.82) is 0 Å². The highest BCUT2D eigenvalue weighted by Gasteiger charge is 2.15. The normalized spacial score (nSPS) is 12.1. The summed E-state index contributed by atoms with van der Waals surface area (Å²) in [5.74, 6) is 0.867.